The van der Waals surface area contributed by atoms with Gasteiger partial charge >= 0.3 is 0 Å². The summed E-state index contributed by atoms with van der Waals surface area (Å²) in [6.07, 6.45) is 1.57. The highest BCUT2D eigenvalue weighted by molar-refractivity contribution is 7.09. The molecule has 0 bridgehead atoms. The highest BCUT2D eigenvalue weighted by Crippen LogP contribution is 2.23. The number of hydrogen-bond acceptors (Lipinski definition) is 5. The van der Waals surface area contributed by atoms with Crippen molar-refractivity contribution in [1.82, 2.24) is 14.5 Å². The fourth-order valence-corrected chi connectivity index (χ4v) is 3.13. The Labute approximate surface area is 125 Å². The van der Waals surface area contributed by atoms with Gasteiger partial charge in [0, 0.05) is 11.1 Å². The Bertz CT molecular complexity index is 853. The van der Waals surface area contributed by atoms with Gasteiger partial charge < -0.3 is 4.74 Å². The number of rotatable bonds is 3. The van der Waals surface area contributed by atoms with Crippen molar-refractivity contribution in [2.24, 2.45) is 0 Å². The molecule has 0 N–H and O–H groups in total. The zero-order valence-corrected chi connectivity index (χ0v) is 12.8. The van der Waals surface area contributed by atoms with E-state index in [9.17, 15) is 4.79 Å². The third-order valence-corrected chi connectivity index (χ3v) is 4.54. The summed E-state index contributed by atoms with van der Waals surface area (Å²) in [5.74, 6) is 0.543. The van der Waals surface area contributed by atoms with E-state index in [1.807, 2.05) is 31.4 Å². The van der Waals surface area contributed by atoms with Crippen LogP contribution in [0.1, 0.15) is 23.7 Å². The van der Waals surface area contributed by atoms with E-state index in [0.717, 1.165) is 10.7 Å². The summed E-state index contributed by atoms with van der Waals surface area (Å²) < 4.78 is 6.89. The zero-order chi connectivity index (χ0) is 15.0. The summed E-state index contributed by atoms with van der Waals surface area (Å²) in [5, 5.41) is 3.37. The average Bonchev–Trinajstić information content (AvgIpc) is 2.93. The third kappa shape index (κ3) is 2.31. The SMILES string of the molecule is COc1cccc2ncn(C(C)c3nc(C)cs3)c(=O)c12. The number of aromatic nitrogens is 3. The number of thiazole rings is 1. The Morgan fingerprint density at radius 3 is 2.86 bits per heavy atom. The van der Waals surface area contributed by atoms with Gasteiger partial charge in [-0.3, -0.25) is 9.36 Å². The molecule has 3 rings (SSSR count). The topological polar surface area (TPSA) is 57.0 Å². The molecule has 6 heteroatoms. The van der Waals surface area contributed by atoms with E-state index in [-0.39, 0.29) is 11.6 Å². The van der Waals surface area contributed by atoms with Gasteiger partial charge in [-0.25, -0.2) is 9.97 Å². The molecule has 0 amide bonds. The third-order valence-electron chi connectivity index (χ3n) is 3.41. The monoisotopic (exact) mass is 301 g/mol. The average molecular weight is 301 g/mol. The molecule has 0 spiro atoms. The van der Waals surface area contributed by atoms with Gasteiger partial charge in [0.1, 0.15) is 16.1 Å². The molecule has 108 valence electrons. The number of aryl methyl sites for hydroxylation is 1. The van der Waals surface area contributed by atoms with E-state index in [4.69, 9.17) is 4.74 Å². The predicted molar refractivity (Wildman–Crippen MR) is 83.2 cm³/mol. The van der Waals surface area contributed by atoms with Gasteiger partial charge in [0.2, 0.25) is 0 Å². The molecule has 3 aromatic rings. The molecule has 21 heavy (non-hydrogen) atoms. The summed E-state index contributed by atoms with van der Waals surface area (Å²) in [4.78, 5) is 21.6. The van der Waals surface area contributed by atoms with Crippen molar-refractivity contribution < 1.29 is 4.74 Å². The number of hydrogen-bond donors (Lipinski definition) is 0. The Balaban J connectivity index is 2.20. The normalized spacial score (nSPS) is 12.5. The van der Waals surface area contributed by atoms with E-state index >= 15 is 0 Å². The fraction of sp³-hybridized carbons (Fsp3) is 0.267. The number of ether oxygens (including phenoxy) is 1. The standard InChI is InChI=1S/C15H15N3O2S/c1-9-7-21-14(17-9)10(2)18-8-16-11-5-4-6-12(20-3)13(11)15(18)19/h4-8,10H,1-3H3. The van der Waals surface area contributed by atoms with Gasteiger partial charge in [0.25, 0.3) is 5.56 Å². The lowest BCUT2D eigenvalue weighted by Gasteiger charge is -2.13. The molecule has 0 aliphatic carbocycles. The molecule has 0 saturated carbocycles. The smallest absolute Gasteiger partial charge is 0.265 e. The quantitative estimate of drug-likeness (QED) is 0.746. The Kier molecular flexibility index (Phi) is 3.47. The second-order valence-corrected chi connectivity index (χ2v) is 5.70. The second-order valence-electron chi connectivity index (χ2n) is 4.81. The molecule has 2 aromatic heterocycles. The number of benzene rings is 1. The zero-order valence-electron chi connectivity index (χ0n) is 12.0. The highest BCUT2D eigenvalue weighted by Gasteiger charge is 2.16. The maximum absolute atomic E-state index is 12.7. The second kappa shape index (κ2) is 5.29. The molecular formula is C15H15N3O2S. The van der Waals surface area contributed by atoms with Crippen LogP contribution in [0.25, 0.3) is 10.9 Å². The lowest BCUT2D eigenvalue weighted by Crippen LogP contribution is -2.24. The van der Waals surface area contributed by atoms with E-state index in [0.29, 0.717) is 16.7 Å². The first-order chi connectivity index (χ1) is 10.1. The summed E-state index contributed by atoms with van der Waals surface area (Å²) >= 11 is 1.55. The van der Waals surface area contributed by atoms with Gasteiger partial charge in [-0.05, 0) is 26.0 Å². The van der Waals surface area contributed by atoms with Crippen molar-refractivity contribution >= 4 is 22.2 Å². The van der Waals surface area contributed by atoms with Gasteiger partial charge in [0.05, 0.1) is 25.0 Å². The largest absolute Gasteiger partial charge is 0.496 e. The minimum absolute atomic E-state index is 0.113. The molecule has 1 atom stereocenters. The number of methoxy groups -OCH3 is 1. The minimum Gasteiger partial charge on any atom is -0.496 e. The molecule has 0 aliphatic heterocycles. The molecule has 0 fully saturated rings. The van der Waals surface area contributed by atoms with Gasteiger partial charge in [-0.15, -0.1) is 11.3 Å². The van der Waals surface area contributed by atoms with Crippen LogP contribution in [-0.4, -0.2) is 21.6 Å². The van der Waals surface area contributed by atoms with Gasteiger partial charge in [0.15, 0.2) is 0 Å². The maximum atomic E-state index is 12.7. The van der Waals surface area contributed by atoms with Crippen molar-refractivity contribution in [3.63, 3.8) is 0 Å². The van der Waals surface area contributed by atoms with Gasteiger partial charge in [-0.2, -0.15) is 0 Å². The predicted octanol–water partition coefficient (Wildman–Crippen LogP) is 2.78. The summed E-state index contributed by atoms with van der Waals surface area (Å²) in [7, 11) is 1.55. The Morgan fingerprint density at radius 2 is 2.19 bits per heavy atom. The van der Waals surface area contributed by atoms with Gasteiger partial charge in [-0.1, -0.05) is 6.07 Å². The maximum Gasteiger partial charge on any atom is 0.265 e. The van der Waals surface area contributed by atoms with Crippen LogP contribution >= 0.6 is 11.3 Å². The molecule has 0 saturated heterocycles. The molecule has 1 unspecified atom stereocenters. The molecule has 5 nitrogen and oxygen atoms in total. The van der Waals surface area contributed by atoms with Crippen LogP contribution in [-0.2, 0) is 0 Å². The minimum atomic E-state index is -0.155. The molecule has 1 aromatic carbocycles. The van der Waals surface area contributed by atoms with Crippen molar-refractivity contribution in [1.29, 1.82) is 0 Å². The van der Waals surface area contributed by atoms with Crippen LogP contribution in [0.15, 0.2) is 34.7 Å². The first-order valence-electron chi connectivity index (χ1n) is 6.57. The summed E-state index contributed by atoms with van der Waals surface area (Å²) in [5.41, 5.74) is 1.48. The van der Waals surface area contributed by atoms with E-state index in [1.54, 1.807) is 35.4 Å². The van der Waals surface area contributed by atoms with Crippen LogP contribution in [0, 0.1) is 6.92 Å². The number of nitrogens with zero attached hydrogens (tertiary/aromatic N) is 3. The van der Waals surface area contributed by atoms with E-state index < -0.39 is 0 Å². The van der Waals surface area contributed by atoms with Crippen LogP contribution < -0.4 is 10.3 Å². The van der Waals surface area contributed by atoms with Crippen LogP contribution in [0.3, 0.4) is 0 Å². The van der Waals surface area contributed by atoms with Crippen molar-refractivity contribution in [2.45, 2.75) is 19.9 Å². The molecule has 0 radical (unpaired) electrons. The number of fused-ring (bicyclic) bond motifs is 1. The Hall–Kier alpha value is -2.21. The van der Waals surface area contributed by atoms with Crippen LogP contribution in [0.5, 0.6) is 5.75 Å². The lowest BCUT2D eigenvalue weighted by molar-refractivity contribution is 0.419. The van der Waals surface area contributed by atoms with Crippen molar-refractivity contribution in [3.8, 4) is 5.75 Å². The summed E-state index contributed by atoms with van der Waals surface area (Å²) in [6.45, 7) is 3.89. The van der Waals surface area contributed by atoms with E-state index in [2.05, 4.69) is 9.97 Å². The first-order valence-corrected chi connectivity index (χ1v) is 7.45. The lowest BCUT2D eigenvalue weighted by atomic mass is 10.2. The molecule has 2 heterocycles. The van der Waals surface area contributed by atoms with E-state index in [1.165, 1.54) is 0 Å². The van der Waals surface area contributed by atoms with Crippen LogP contribution in [0.4, 0.5) is 0 Å². The molecular weight excluding hydrogens is 286 g/mol. The van der Waals surface area contributed by atoms with Crippen molar-refractivity contribution in [3.05, 3.63) is 51.0 Å². The Morgan fingerprint density at radius 1 is 1.38 bits per heavy atom. The highest BCUT2D eigenvalue weighted by atomic mass is 32.1. The fourth-order valence-electron chi connectivity index (χ4n) is 2.28. The first kappa shape index (κ1) is 13.8. The summed E-state index contributed by atoms with van der Waals surface area (Å²) in [6, 6.07) is 5.25. The van der Waals surface area contributed by atoms with Crippen LogP contribution in [0.2, 0.25) is 0 Å². The van der Waals surface area contributed by atoms with Crippen molar-refractivity contribution in [2.75, 3.05) is 7.11 Å². The molecule has 0 aliphatic rings.